The van der Waals surface area contributed by atoms with Crippen LogP contribution in [0.1, 0.15) is 36.8 Å². The van der Waals surface area contributed by atoms with Gasteiger partial charge >= 0.3 is 0 Å². The van der Waals surface area contributed by atoms with Crippen molar-refractivity contribution in [2.45, 2.75) is 44.8 Å². The quantitative estimate of drug-likeness (QED) is 0.697. The van der Waals surface area contributed by atoms with E-state index in [1.165, 1.54) is 24.0 Å². The molecule has 1 amide bonds. The smallest absolute Gasteiger partial charge is 0.227 e. The Hall–Kier alpha value is -1.88. The molecule has 0 N–H and O–H groups in total. The van der Waals surface area contributed by atoms with Gasteiger partial charge in [-0.2, -0.15) is 0 Å². The van der Waals surface area contributed by atoms with Gasteiger partial charge < -0.3 is 9.80 Å². The Labute approximate surface area is 179 Å². The van der Waals surface area contributed by atoms with Crippen molar-refractivity contribution in [2.24, 2.45) is 0 Å². The van der Waals surface area contributed by atoms with Gasteiger partial charge in [0.1, 0.15) is 0 Å². The van der Waals surface area contributed by atoms with Crippen LogP contribution in [-0.2, 0) is 17.9 Å². The van der Waals surface area contributed by atoms with Crippen LogP contribution in [-0.4, -0.2) is 48.4 Å². The molecule has 0 aliphatic carbocycles. The molecule has 0 spiro atoms. The lowest BCUT2D eigenvalue weighted by Crippen LogP contribution is -2.43. The average molecular weight is 412 g/mol. The van der Waals surface area contributed by atoms with Crippen LogP contribution in [0.4, 0.5) is 5.69 Å². The lowest BCUT2D eigenvalue weighted by molar-refractivity contribution is -0.117. The number of halogens is 1. The number of hydrogen-bond donors (Lipinski definition) is 0. The summed E-state index contributed by atoms with van der Waals surface area (Å²) in [6, 6.07) is 17.3. The summed E-state index contributed by atoms with van der Waals surface area (Å²) in [4.78, 5) is 18.9. The minimum atomic E-state index is 0.240. The van der Waals surface area contributed by atoms with E-state index in [4.69, 9.17) is 11.6 Å². The minimum absolute atomic E-state index is 0.240. The third-order valence-electron chi connectivity index (χ3n) is 6.24. The van der Waals surface area contributed by atoms with Crippen molar-refractivity contribution >= 4 is 23.2 Å². The highest BCUT2D eigenvalue weighted by atomic mass is 35.5. The van der Waals surface area contributed by atoms with Crippen LogP contribution in [0.15, 0.2) is 48.5 Å². The molecule has 2 heterocycles. The largest absolute Gasteiger partial charge is 0.312 e. The number of amides is 1. The number of nitrogens with zero attached hydrogens (tertiary/aromatic N) is 3. The Morgan fingerprint density at radius 3 is 2.38 bits per heavy atom. The van der Waals surface area contributed by atoms with Gasteiger partial charge in [0.2, 0.25) is 5.91 Å². The number of piperidine rings is 1. The molecule has 29 heavy (non-hydrogen) atoms. The van der Waals surface area contributed by atoms with Crippen LogP contribution >= 0.6 is 11.6 Å². The van der Waals surface area contributed by atoms with E-state index in [2.05, 4.69) is 53.2 Å². The van der Waals surface area contributed by atoms with E-state index in [0.717, 1.165) is 49.9 Å². The lowest BCUT2D eigenvalue weighted by Gasteiger charge is -2.37. The average Bonchev–Trinajstić information content (AvgIpc) is 3.16. The molecule has 2 aromatic rings. The second-order valence-electron chi connectivity index (χ2n) is 8.35. The number of benzene rings is 2. The van der Waals surface area contributed by atoms with E-state index in [9.17, 15) is 4.79 Å². The van der Waals surface area contributed by atoms with Gasteiger partial charge in [0.25, 0.3) is 0 Å². The fraction of sp³-hybridized carbons (Fsp3) is 0.458. The van der Waals surface area contributed by atoms with Gasteiger partial charge in [0, 0.05) is 42.8 Å². The van der Waals surface area contributed by atoms with Crippen LogP contribution in [0.2, 0.25) is 5.02 Å². The Balaban J connectivity index is 1.50. The first-order valence-corrected chi connectivity index (χ1v) is 11.0. The highest BCUT2D eigenvalue weighted by Gasteiger charge is 2.25. The van der Waals surface area contributed by atoms with Crippen LogP contribution in [0.5, 0.6) is 0 Å². The van der Waals surface area contributed by atoms with Crippen LogP contribution in [0.25, 0.3) is 0 Å². The minimum Gasteiger partial charge on any atom is -0.312 e. The standard InChI is InChI=1S/C24H30ClN3O/c1-26-15-12-21(13-16-26)27(18-20-5-2-3-6-23(20)25)17-19-8-10-22(11-9-19)28-14-4-7-24(28)29/h2-3,5-6,8-11,21H,4,7,12-18H2,1H3. The molecule has 154 valence electrons. The molecule has 4 nitrogen and oxygen atoms in total. The normalized spacial score (nSPS) is 18.7. The van der Waals surface area contributed by atoms with Gasteiger partial charge in [0.05, 0.1) is 0 Å². The van der Waals surface area contributed by atoms with Crippen molar-refractivity contribution in [3.63, 3.8) is 0 Å². The molecule has 0 bridgehead atoms. The second-order valence-corrected chi connectivity index (χ2v) is 8.75. The number of hydrogen-bond acceptors (Lipinski definition) is 3. The molecular weight excluding hydrogens is 382 g/mol. The first-order chi connectivity index (χ1) is 14.1. The molecule has 0 saturated carbocycles. The fourth-order valence-corrected chi connectivity index (χ4v) is 4.65. The topological polar surface area (TPSA) is 26.8 Å². The van der Waals surface area contributed by atoms with Crippen molar-refractivity contribution in [1.29, 1.82) is 0 Å². The summed E-state index contributed by atoms with van der Waals surface area (Å²) >= 11 is 6.47. The zero-order chi connectivity index (χ0) is 20.2. The Morgan fingerprint density at radius 1 is 1.00 bits per heavy atom. The van der Waals surface area contributed by atoms with Gasteiger partial charge in [-0.15, -0.1) is 0 Å². The van der Waals surface area contributed by atoms with Crippen molar-refractivity contribution in [2.75, 3.05) is 31.6 Å². The highest BCUT2D eigenvalue weighted by molar-refractivity contribution is 6.31. The lowest BCUT2D eigenvalue weighted by atomic mass is 10.0. The number of carbonyl (C=O) groups is 1. The summed E-state index contributed by atoms with van der Waals surface area (Å²) in [5.41, 5.74) is 3.49. The molecule has 0 atom stereocenters. The predicted molar refractivity (Wildman–Crippen MR) is 119 cm³/mol. The SMILES string of the molecule is CN1CCC(N(Cc2ccc(N3CCCC3=O)cc2)Cc2ccccc2Cl)CC1. The van der Waals surface area contributed by atoms with Gasteiger partial charge in [-0.25, -0.2) is 0 Å². The van der Waals surface area contributed by atoms with Gasteiger partial charge in [-0.3, -0.25) is 9.69 Å². The molecule has 0 radical (unpaired) electrons. The predicted octanol–water partition coefficient (Wildman–Crippen LogP) is 4.56. The number of rotatable bonds is 6. The van der Waals surface area contributed by atoms with Gasteiger partial charge in [-0.05, 0) is 68.7 Å². The van der Waals surface area contributed by atoms with E-state index in [0.29, 0.717) is 12.5 Å². The van der Waals surface area contributed by atoms with Crippen LogP contribution in [0.3, 0.4) is 0 Å². The van der Waals surface area contributed by atoms with Crippen LogP contribution < -0.4 is 4.90 Å². The summed E-state index contributed by atoms with van der Waals surface area (Å²) in [6.45, 7) is 4.88. The summed E-state index contributed by atoms with van der Waals surface area (Å²) in [6.07, 6.45) is 3.99. The van der Waals surface area contributed by atoms with Gasteiger partial charge in [0.15, 0.2) is 0 Å². The molecule has 0 unspecified atom stereocenters. The van der Waals surface area contributed by atoms with Crippen molar-refractivity contribution in [1.82, 2.24) is 9.80 Å². The zero-order valence-corrected chi connectivity index (χ0v) is 17.9. The van der Waals surface area contributed by atoms with Crippen molar-refractivity contribution < 1.29 is 4.79 Å². The van der Waals surface area contributed by atoms with E-state index < -0.39 is 0 Å². The monoisotopic (exact) mass is 411 g/mol. The molecule has 0 aromatic heterocycles. The maximum Gasteiger partial charge on any atom is 0.227 e. The van der Waals surface area contributed by atoms with E-state index in [1.807, 2.05) is 17.0 Å². The highest BCUT2D eigenvalue weighted by Crippen LogP contribution is 2.26. The molecule has 2 aromatic carbocycles. The first-order valence-electron chi connectivity index (χ1n) is 10.7. The number of carbonyl (C=O) groups excluding carboxylic acids is 1. The molecule has 2 aliphatic rings. The van der Waals surface area contributed by atoms with Gasteiger partial charge in [-0.1, -0.05) is 41.9 Å². The van der Waals surface area contributed by atoms with Crippen molar-refractivity contribution in [3.05, 3.63) is 64.7 Å². The van der Waals surface area contributed by atoms with Crippen LogP contribution in [0, 0.1) is 0 Å². The number of likely N-dealkylation sites (tertiary alicyclic amines) is 1. The Kier molecular flexibility index (Phi) is 6.53. The molecule has 2 saturated heterocycles. The Morgan fingerprint density at radius 2 is 1.72 bits per heavy atom. The van der Waals surface area contributed by atoms with Crippen molar-refractivity contribution in [3.8, 4) is 0 Å². The molecular formula is C24H30ClN3O. The summed E-state index contributed by atoms with van der Waals surface area (Å²) < 4.78 is 0. The molecule has 2 fully saturated rings. The first kappa shape index (κ1) is 20.4. The maximum atomic E-state index is 12.0. The summed E-state index contributed by atoms with van der Waals surface area (Å²) in [5, 5.41) is 0.841. The summed E-state index contributed by atoms with van der Waals surface area (Å²) in [5.74, 6) is 0.240. The van der Waals surface area contributed by atoms with E-state index >= 15 is 0 Å². The second kappa shape index (κ2) is 9.29. The fourth-order valence-electron chi connectivity index (χ4n) is 4.46. The maximum absolute atomic E-state index is 12.0. The number of anilines is 1. The van der Waals surface area contributed by atoms with E-state index in [-0.39, 0.29) is 5.91 Å². The summed E-state index contributed by atoms with van der Waals surface area (Å²) in [7, 11) is 2.20. The zero-order valence-electron chi connectivity index (χ0n) is 17.2. The molecule has 4 rings (SSSR count). The van der Waals surface area contributed by atoms with E-state index in [1.54, 1.807) is 0 Å². The third-order valence-corrected chi connectivity index (χ3v) is 6.61. The third kappa shape index (κ3) is 5.00. The molecule has 2 aliphatic heterocycles. The molecule has 5 heteroatoms. The Bertz CT molecular complexity index is 830.